The van der Waals surface area contributed by atoms with Crippen molar-refractivity contribution in [3.63, 3.8) is 0 Å². The molecule has 0 atom stereocenters. The van der Waals surface area contributed by atoms with E-state index >= 15 is 0 Å². The number of amides is 1. The van der Waals surface area contributed by atoms with Crippen LogP contribution in [0.2, 0.25) is 0 Å². The Morgan fingerprint density at radius 1 is 1.03 bits per heavy atom. The van der Waals surface area contributed by atoms with Gasteiger partial charge >= 0.3 is 0 Å². The lowest BCUT2D eigenvalue weighted by Gasteiger charge is -2.12. The van der Waals surface area contributed by atoms with Crippen LogP contribution in [0.4, 0.5) is 5.95 Å². The molecule has 5 aromatic rings. The molecule has 0 aliphatic carbocycles. The van der Waals surface area contributed by atoms with E-state index < -0.39 is 0 Å². The zero-order valence-electron chi connectivity index (χ0n) is 17.4. The summed E-state index contributed by atoms with van der Waals surface area (Å²) in [6.07, 6.45) is 1.44. The number of aromatic amines is 1. The van der Waals surface area contributed by atoms with E-state index in [1.807, 2.05) is 55.5 Å². The van der Waals surface area contributed by atoms with Gasteiger partial charge in [-0.25, -0.2) is 4.98 Å². The van der Waals surface area contributed by atoms with E-state index in [4.69, 9.17) is 4.98 Å². The van der Waals surface area contributed by atoms with Gasteiger partial charge in [-0.15, -0.1) is 0 Å². The van der Waals surface area contributed by atoms with Crippen LogP contribution < -0.4 is 16.4 Å². The van der Waals surface area contributed by atoms with Crippen molar-refractivity contribution in [2.24, 2.45) is 7.05 Å². The van der Waals surface area contributed by atoms with Crippen molar-refractivity contribution in [3.05, 3.63) is 82.3 Å². The number of hydrogen-bond donors (Lipinski definition) is 3. The molecular formula is C23H19N7O2. The van der Waals surface area contributed by atoms with Crippen LogP contribution in [-0.2, 0) is 7.05 Å². The first-order chi connectivity index (χ1) is 15.5. The van der Waals surface area contributed by atoms with Crippen molar-refractivity contribution in [1.29, 1.82) is 0 Å². The predicted octanol–water partition coefficient (Wildman–Crippen LogP) is 2.94. The summed E-state index contributed by atoms with van der Waals surface area (Å²) in [6.45, 7) is 1.96. The molecule has 32 heavy (non-hydrogen) atoms. The van der Waals surface area contributed by atoms with Gasteiger partial charge in [0.15, 0.2) is 5.65 Å². The second-order valence-corrected chi connectivity index (χ2v) is 7.44. The van der Waals surface area contributed by atoms with Crippen molar-refractivity contribution < 1.29 is 4.79 Å². The lowest BCUT2D eigenvalue weighted by molar-refractivity contribution is 0.0964. The molecule has 0 bridgehead atoms. The maximum Gasteiger partial charge on any atom is 0.270 e. The molecule has 9 heteroatoms. The smallest absolute Gasteiger partial charge is 0.270 e. The first-order valence-electron chi connectivity index (χ1n) is 9.95. The molecule has 0 saturated carbocycles. The molecule has 0 spiro atoms. The molecule has 0 aliphatic rings. The minimum Gasteiger partial charge on any atom is -0.291 e. The van der Waals surface area contributed by atoms with Crippen LogP contribution in [0.3, 0.4) is 0 Å². The zero-order chi connectivity index (χ0) is 22.2. The standard InChI is InChI=1S/C23H19N7O2/c1-13-8-9-18-15(10-13)16(11-19(25-18)14-6-4-3-5-7-14)22(32)28-29-23-26-20-17(21(31)27-23)12-24-30(20)2/h3-12H,1-2H3,(H,28,32)(H2,26,27,29,31). The Hall–Kier alpha value is -4.53. The normalized spacial score (nSPS) is 11.1. The van der Waals surface area contributed by atoms with Gasteiger partial charge < -0.3 is 0 Å². The Labute approximate surface area is 182 Å². The second-order valence-electron chi connectivity index (χ2n) is 7.44. The van der Waals surface area contributed by atoms with Crippen LogP contribution in [0, 0.1) is 6.92 Å². The number of H-pyrrole nitrogens is 1. The number of aromatic nitrogens is 5. The van der Waals surface area contributed by atoms with E-state index in [0.29, 0.717) is 27.8 Å². The van der Waals surface area contributed by atoms with Gasteiger partial charge in [0.2, 0.25) is 5.95 Å². The molecule has 9 nitrogen and oxygen atoms in total. The second kappa shape index (κ2) is 7.62. The van der Waals surface area contributed by atoms with Crippen LogP contribution in [0.5, 0.6) is 0 Å². The molecule has 0 radical (unpaired) electrons. The summed E-state index contributed by atoms with van der Waals surface area (Å²) in [6, 6.07) is 17.2. The summed E-state index contributed by atoms with van der Waals surface area (Å²) >= 11 is 0. The highest BCUT2D eigenvalue weighted by atomic mass is 16.2. The van der Waals surface area contributed by atoms with Crippen molar-refractivity contribution >= 4 is 33.8 Å². The summed E-state index contributed by atoms with van der Waals surface area (Å²) in [7, 11) is 1.69. The third-order valence-corrected chi connectivity index (χ3v) is 5.17. The Bertz CT molecular complexity index is 1540. The number of hydrazine groups is 1. The summed E-state index contributed by atoms with van der Waals surface area (Å²) in [5.74, 6) is -0.273. The van der Waals surface area contributed by atoms with Gasteiger partial charge in [0, 0.05) is 18.0 Å². The van der Waals surface area contributed by atoms with Gasteiger partial charge in [-0.1, -0.05) is 42.0 Å². The van der Waals surface area contributed by atoms with Crippen LogP contribution >= 0.6 is 0 Å². The van der Waals surface area contributed by atoms with Gasteiger partial charge in [-0.05, 0) is 25.1 Å². The molecule has 158 valence electrons. The number of pyridine rings is 1. The Balaban J connectivity index is 1.52. The van der Waals surface area contributed by atoms with Crippen molar-refractivity contribution in [1.82, 2.24) is 30.2 Å². The van der Waals surface area contributed by atoms with Gasteiger partial charge in [0.25, 0.3) is 11.5 Å². The van der Waals surface area contributed by atoms with Gasteiger partial charge in [-0.2, -0.15) is 10.1 Å². The molecule has 3 aromatic heterocycles. The molecule has 1 amide bonds. The number of rotatable bonds is 4. The van der Waals surface area contributed by atoms with E-state index in [1.165, 1.54) is 10.9 Å². The van der Waals surface area contributed by atoms with E-state index in [0.717, 1.165) is 16.5 Å². The van der Waals surface area contributed by atoms with E-state index in [9.17, 15) is 9.59 Å². The quantitative estimate of drug-likeness (QED) is 0.381. The largest absolute Gasteiger partial charge is 0.291 e. The minimum atomic E-state index is -0.382. The molecule has 2 aromatic carbocycles. The maximum absolute atomic E-state index is 13.2. The molecule has 5 rings (SSSR count). The Morgan fingerprint density at radius 2 is 1.84 bits per heavy atom. The summed E-state index contributed by atoms with van der Waals surface area (Å²) in [5.41, 5.74) is 9.17. The molecule has 3 N–H and O–H groups in total. The van der Waals surface area contributed by atoms with Gasteiger partial charge in [0.05, 0.1) is 23.0 Å². The highest BCUT2D eigenvalue weighted by molar-refractivity contribution is 6.07. The summed E-state index contributed by atoms with van der Waals surface area (Å²) in [5, 5.41) is 5.13. The zero-order valence-corrected chi connectivity index (χ0v) is 17.4. The SMILES string of the molecule is Cc1ccc2nc(-c3ccccc3)cc(C(=O)NNc3nc4c(cnn4C)c(=O)[nH]3)c2c1. The molecule has 3 heterocycles. The number of carbonyl (C=O) groups is 1. The van der Waals surface area contributed by atoms with E-state index in [1.54, 1.807) is 13.1 Å². The number of carbonyl (C=O) groups excluding carboxylic acids is 1. The fourth-order valence-corrected chi connectivity index (χ4v) is 3.56. The van der Waals surface area contributed by atoms with Crippen molar-refractivity contribution in [3.8, 4) is 11.3 Å². The average Bonchev–Trinajstić information content (AvgIpc) is 3.18. The van der Waals surface area contributed by atoms with Gasteiger partial charge in [-0.3, -0.25) is 30.1 Å². The molecule has 0 unspecified atom stereocenters. The lowest BCUT2D eigenvalue weighted by atomic mass is 10.0. The third kappa shape index (κ3) is 3.45. The van der Waals surface area contributed by atoms with E-state index in [2.05, 4.69) is 25.9 Å². The minimum absolute atomic E-state index is 0.109. The number of anilines is 1. The Kier molecular flexibility index (Phi) is 4.63. The third-order valence-electron chi connectivity index (χ3n) is 5.17. The number of fused-ring (bicyclic) bond motifs is 2. The van der Waals surface area contributed by atoms with Crippen molar-refractivity contribution in [2.45, 2.75) is 6.92 Å². The molecule has 0 fully saturated rings. The molecule has 0 aliphatic heterocycles. The summed E-state index contributed by atoms with van der Waals surface area (Å²) in [4.78, 5) is 37.0. The highest BCUT2D eigenvalue weighted by Gasteiger charge is 2.15. The van der Waals surface area contributed by atoms with Crippen LogP contribution in [0.1, 0.15) is 15.9 Å². The van der Waals surface area contributed by atoms with E-state index in [-0.39, 0.29) is 17.4 Å². The average molecular weight is 425 g/mol. The lowest BCUT2D eigenvalue weighted by Crippen LogP contribution is -2.31. The predicted molar refractivity (Wildman–Crippen MR) is 122 cm³/mol. The number of benzene rings is 2. The summed E-state index contributed by atoms with van der Waals surface area (Å²) < 4.78 is 1.49. The first-order valence-corrected chi connectivity index (χ1v) is 9.95. The fraction of sp³-hybridized carbons (Fsp3) is 0.0870. The Morgan fingerprint density at radius 3 is 2.66 bits per heavy atom. The number of aryl methyl sites for hydroxylation is 2. The maximum atomic E-state index is 13.2. The highest BCUT2D eigenvalue weighted by Crippen LogP contribution is 2.25. The number of hydrogen-bond acceptors (Lipinski definition) is 6. The number of nitrogens with one attached hydrogen (secondary N) is 3. The molecular weight excluding hydrogens is 406 g/mol. The van der Waals surface area contributed by atoms with Crippen LogP contribution in [0.25, 0.3) is 33.2 Å². The molecule has 0 saturated heterocycles. The first kappa shape index (κ1) is 19.4. The fourth-order valence-electron chi connectivity index (χ4n) is 3.56. The van der Waals surface area contributed by atoms with Crippen LogP contribution in [0.15, 0.2) is 65.6 Å². The van der Waals surface area contributed by atoms with Crippen LogP contribution in [-0.4, -0.2) is 30.6 Å². The number of nitrogens with zero attached hydrogens (tertiary/aromatic N) is 4. The topological polar surface area (TPSA) is 118 Å². The monoisotopic (exact) mass is 425 g/mol. The van der Waals surface area contributed by atoms with Gasteiger partial charge in [0.1, 0.15) is 5.39 Å². The van der Waals surface area contributed by atoms with Crippen molar-refractivity contribution in [2.75, 3.05) is 5.43 Å².